The fourth-order valence-electron chi connectivity index (χ4n) is 8.98. The Balaban J connectivity index is 1.19. The minimum atomic E-state index is -1.40. The van der Waals surface area contributed by atoms with E-state index >= 15 is 0 Å². The average molecular weight is 875 g/mol. The number of benzene rings is 1. The van der Waals surface area contributed by atoms with Gasteiger partial charge in [0.15, 0.2) is 5.13 Å². The number of thiazole rings is 1. The second kappa shape index (κ2) is 18.7. The minimum absolute atomic E-state index is 0.0103. The summed E-state index contributed by atoms with van der Waals surface area (Å²) in [7, 11) is 1.58. The van der Waals surface area contributed by atoms with Gasteiger partial charge in [-0.05, 0) is 63.0 Å². The zero-order valence-electron chi connectivity index (χ0n) is 36.8. The third kappa shape index (κ3) is 10.2. The highest BCUT2D eigenvalue weighted by Gasteiger charge is 2.62. The van der Waals surface area contributed by atoms with Crippen LogP contribution >= 0.6 is 11.3 Å². The van der Waals surface area contributed by atoms with Gasteiger partial charge in [-0.3, -0.25) is 14.4 Å². The van der Waals surface area contributed by atoms with Gasteiger partial charge >= 0.3 is 12.0 Å². The number of amides is 5. The fraction of sp³-hybridized carbons (Fsp3) is 0.622. The number of carbonyl (C=O) groups is 5. The van der Waals surface area contributed by atoms with E-state index in [2.05, 4.69) is 21.3 Å². The Morgan fingerprint density at radius 3 is 2.48 bits per heavy atom. The van der Waals surface area contributed by atoms with Crippen LogP contribution in [0.25, 0.3) is 22.3 Å². The van der Waals surface area contributed by atoms with E-state index in [0.29, 0.717) is 79.0 Å². The van der Waals surface area contributed by atoms with E-state index in [4.69, 9.17) is 19.4 Å². The van der Waals surface area contributed by atoms with Crippen LogP contribution in [0.4, 0.5) is 9.93 Å². The van der Waals surface area contributed by atoms with Crippen LogP contribution < -0.4 is 30.7 Å². The normalized spacial score (nSPS) is 25.3. The van der Waals surface area contributed by atoms with Crippen LogP contribution in [0, 0.1) is 11.3 Å². The van der Waals surface area contributed by atoms with Gasteiger partial charge in [0.25, 0.3) is 0 Å². The number of carboxylic acids is 1. The fourth-order valence-corrected chi connectivity index (χ4v) is 9.83. The summed E-state index contributed by atoms with van der Waals surface area (Å²) in [6.07, 6.45) is 6.14. The smallest absolute Gasteiger partial charge is 0.329 e. The number of hydrogen-bond donors (Lipinski definition) is 5. The molecule has 3 aliphatic heterocycles. The molecule has 2 aromatic heterocycles. The van der Waals surface area contributed by atoms with Crippen molar-refractivity contribution in [2.45, 2.75) is 141 Å². The highest BCUT2D eigenvalue weighted by Crippen LogP contribution is 2.48. The number of urea groups is 1. The molecule has 3 saturated heterocycles. The number of hydrogen-bond acceptors (Lipinski definition) is 11. The zero-order valence-corrected chi connectivity index (χ0v) is 37.6. The van der Waals surface area contributed by atoms with Crippen molar-refractivity contribution in [3.8, 4) is 22.9 Å². The number of carbonyl (C=O) groups excluding carboxylic acids is 4. The lowest BCUT2D eigenvalue weighted by atomic mass is 9.86. The third-order valence-corrected chi connectivity index (χ3v) is 13.5. The molecule has 336 valence electrons. The van der Waals surface area contributed by atoms with Gasteiger partial charge in [-0.15, -0.1) is 11.3 Å². The van der Waals surface area contributed by atoms with Crippen LogP contribution in [0.5, 0.6) is 11.5 Å². The number of aromatic nitrogens is 2. The summed E-state index contributed by atoms with van der Waals surface area (Å²) >= 11 is 1.46. The molecule has 7 rings (SSSR count). The number of methoxy groups -OCH3 is 1. The van der Waals surface area contributed by atoms with E-state index in [-0.39, 0.29) is 30.8 Å². The average Bonchev–Trinajstić information content (AvgIpc) is 3.55. The lowest BCUT2D eigenvalue weighted by molar-refractivity contribution is -0.145. The zero-order chi connectivity index (χ0) is 44.3. The second-order valence-corrected chi connectivity index (χ2v) is 19.6. The molecule has 5 N–H and O–H groups in total. The first-order valence-electron chi connectivity index (χ1n) is 22.1. The van der Waals surface area contributed by atoms with Crippen molar-refractivity contribution in [1.82, 2.24) is 35.7 Å². The Morgan fingerprint density at radius 1 is 1.03 bits per heavy atom. The van der Waals surface area contributed by atoms with Crippen LogP contribution in [0.15, 0.2) is 29.6 Å². The van der Waals surface area contributed by atoms with E-state index in [1.165, 1.54) is 16.2 Å². The predicted octanol–water partition coefficient (Wildman–Crippen LogP) is 5.94. The summed E-state index contributed by atoms with van der Waals surface area (Å²) in [6.45, 7) is 11.1. The standard InChI is InChI=1S/C45H62N8O8S/c1-26(2)46-43-49-34(25-62-43)33-21-36(30-17-16-28(60-6)19-32(30)47-33)61-29-20-35-39(55)51-45(41(57)58)22-27(45)13-10-8-7-9-11-14-31(40(56)53(35)23-29)48-42(59)50-37(44(3,4)5)24-52-18-12-15-38(52)54/h16-17,19,21,25-27,29,31,35,37H,7-15,18,20,22-24H2,1-6H3,(H,46,49)(H,51,55)(H,57,58)(H2,48,50,59)/t27?,29-,31+,35+,37-,45-/m1/s1. The lowest BCUT2D eigenvalue weighted by Crippen LogP contribution is -2.59. The Morgan fingerprint density at radius 2 is 1.79 bits per heavy atom. The number of ether oxygens (including phenoxy) is 2. The molecule has 3 aromatic rings. The lowest BCUT2D eigenvalue weighted by Gasteiger charge is -2.35. The van der Waals surface area contributed by atoms with E-state index in [9.17, 15) is 29.1 Å². The molecular weight excluding hydrogens is 813 g/mol. The maximum absolute atomic E-state index is 14.9. The SMILES string of the molecule is COc1ccc2c(O[C@@H]3C[C@H]4C(=O)N[C@]5(C(=O)O)CC5CCCCCCC[C@H](NC(=O)N[C@H](CN5CCCC5=O)C(C)(C)C)C(=O)N4C3)cc(-c3csc(NC(C)C)n3)nc2c1. The Labute approximate surface area is 367 Å². The summed E-state index contributed by atoms with van der Waals surface area (Å²) in [5.74, 6) is -1.15. The maximum Gasteiger partial charge on any atom is 0.329 e. The summed E-state index contributed by atoms with van der Waals surface area (Å²) in [4.78, 5) is 81.4. The molecule has 4 fully saturated rings. The molecule has 1 aromatic carbocycles. The number of carboxylic acid groups (broad SMARTS) is 1. The van der Waals surface area contributed by atoms with Gasteiger partial charge in [0.2, 0.25) is 17.7 Å². The molecule has 16 nitrogen and oxygen atoms in total. The molecule has 6 atom stereocenters. The topological polar surface area (TPSA) is 204 Å². The van der Waals surface area contributed by atoms with E-state index in [0.717, 1.165) is 37.2 Å². The van der Waals surface area contributed by atoms with Crippen molar-refractivity contribution in [2.75, 3.05) is 32.1 Å². The first-order chi connectivity index (χ1) is 29.5. The third-order valence-electron chi connectivity index (χ3n) is 12.7. The molecule has 1 unspecified atom stereocenters. The molecule has 0 radical (unpaired) electrons. The summed E-state index contributed by atoms with van der Waals surface area (Å²) < 4.78 is 12.3. The van der Waals surface area contributed by atoms with Crippen LogP contribution in [0.1, 0.15) is 105 Å². The molecule has 4 aliphatic rings. The molecule has 5 amide bonds. The van der Waals surface area contributed by atoms with Gasteiger partial charge in [0.05, 0.1) is 30.9 Å². The number of anilines is 1. The molecule has 5 heterocycles. The van der Waals surface area contributed by atoms with Crippen molar-refractivity contribution in [1.29, 1.82) is 0 Å². The Bertz CT molecular complexity index is 2160. The van der Waals surface area contributed by atoms with E-state index in [1.54, 1.807) is 12.0 Å². The van der Waals surface area contributed by atoms with Gasteiger partial charge in [-0.2, -0.15) is 0 Å². The van der Waals surface area contributed by atoms with E-state index in [1.807, 2.05) is 64.3 Å². The minimum Gasteiger partial charge on any atom is -0.497 e. The first-order valence-corrected chi connectivity index (χ1v) is 23.0. The van der Waals surface area contributed by atoms with Crippen molar-refractivity contribution < 1.29 is 38.6 Å². The molecule has 17 heteroatoms. The molecular formula is C45H62N8O8S. The van der Waals surface area contributed by atoms with Crippen LogP contribution in [0.2, 0.25) is 0 Å². The Hall–Kier alpha value is -5.19. The van der Waals surface area contributed by atoms with Crippen LogP contribution in [-0.4, -0.2) is 117 Å². The highest BCUT2D eigenvalue weighted by atomic mass is 32.1. The number of fused-ring (bicyclic) bond motifs is 3. The molecule has 62 heavy (non-hydrogen) atoms. The summed E-state index contributed by atoms with van der Waals surface area (Å²) in [5.41, 5.74) is 0.0205. The number of nitrogens with one attached hydrogen (secondary N) is 4. The van der Waals surface area contributed by atoms with E-state index < -0.39 is 59.0 Å². The molecule has 1 aliphatic carbocycles. The van der Waals surface area contributed by atoms with Gasteiger partial charge in [0.1, 0.15) is 40.9 Å². The van der Waals surface area contributed by atoms with Gasteiger partial charge in [0, 0.05) is 54.9 Å². The van der Waals surface area contributed by atoms with Crippen molar-refractivity contribution in [2.24, 2.45) is 11.3 Å². The number of rotatable bonds is 11. The van der Waals surface area contributed by atoms with Crippen molar-refractivity contribution in [3.05, 3.63) is 29.6 Å². The number of likely N-dealkylation sites (tertiary alicyclic amines) is 1. The van der Waals surface area contributed by atoms with Crippen LogP contribution in [-0.2, 0) is 19.2 Å². The molecule has 0 bridgehead atoms. The van der Waals surface area contributed by atoms with Crippen molar-refractivity contribution >= 4 is 57.1 Å². The maximum atomic E-state index is 14.9. The predicted molar refractivity (Wildman–Crippen MR) is 236 cm³/mol. The Kier molecular flexibility index (Phi) is 13.5. The van der Waals surface area contributed by atoms with Gasteiger partial charge in [-0.1, -0.05) is 52.9 Å². The number of pyridine rings is 1. The number of aliphatic carboxylic acids is 1. The van der Waals surface area contributed by atoms with Crippen LogP contribution in [0.3, 0.4) is 0 Å². The largest absolute Gasteiger partial charge is 0.497 e. The monoisotopic (exact) mass is 874 g/mol. The second-order valence-electron chi connectivity index (χ2n) is 18.8. The summed E-state index contributed by atoms with van der Waals surface area (Å²) in [6, 6.07) is 4.49. The molecule has 1 saturated carbocycles. The summed E-state index contributed by atoms with van der Waals surface area (Å²) in [5, 5.41) is 26.0. The molecule has 0 spiro atoms. The van der Waals surface area contributed by atoms with Gasteiger partial charge < -0.3 is 45.6 Å². The van der Waals surface area contributed by atoms with Gasteiger partial charge in [-0.25, -0.2) is 19.6 Å². The quantitative estimate of drug-likeness (QED) is 0.152. The first kappa shape index (κ1) is 44.9. The highest BCUT2D eigenvalue weighted by molar-refractivity contribution is 7.14. The van der Waals surface area contributed by atoms with Crippen molar-refractivity contribution in [3.63, 3.8) is 0 Å². The number of nitrogens with zero attached hydrogens (tertiary/aromatic N) is 4.